The zero-order valence-corrected chi connectivity index (χ0v) is 20.5. The zero-order chi connectivity index (χ0) is 22.5. The lowest BCUT2D eigenvalue weighted by Crippen LogP contribution is -2.46. The maximum atomic E-state index is 9.01. The molecule has 0 bridgehead atoms. The molecule has 0 amide bonds. The van der Waals surface area contributed by atoms with Crippen LogP contribution in [-0.2, 0) is 0 Å². The third-order valence-corrected chi connectivity index (χ3v) is 5.95. The molecular weight excluding hydrogens is 538 g/mol. The number of anilines is 5. The van der Waals surface area contributed by atoms with E-state index in [1.165, 1.54) is 0 Å². The maximum absolute atomic E-state index is 9.01. The van der Waals surface area contributed by atoms with E-state index in [0.29, 0.717) is 23.4 Å². The molecule has 1 aromatic heterocycles. The summed E-state index contributed by atoms with van der Waals surface area (Å²) >= 11 is 7.21. The molecule has 164 valence electrons. The quantitative estimate of drug-likeness (QED) is 0.351. The SMILES string of the molecule is Cc1cc(Br)c(Nc2nc(Nc3ccc(C#N)cc3)nc(NN3CCNCC3)n2)c(Br)c1. The van der Waals surface area contributed by atoms with Crippen LogP contribution in [0.2, 0.25) is 0 Å². The number of aryl methyl sites for hydroxylation is 1. The fraction of sp³-hybridized carbons (Fsp3) is 0.238. The van der Waals surface area contributed by atoms with Crippen molar-refractivity contribution >= 4 is 61.1 Å². The smallest absolute Gasteiger partial charge is 0.244 e. The topological polar surface area (TPSA) is 114 Å². The summed E-state index contributed by atoms with van der Waals surface area (Å²) in [6.45, 7) is 5.48. The summed E-state index contributed by atoms with van der Waals surface area (Å²) in [5, 5.41) is 20.9. The average molecular weight is 559 g/mol. The van der Waals surface area contributed by atoms with Crippen LogP contribution in [0.5, 0.6) is 0 Å². The van der Waals surface area contributed by atoms with Gasteiger partial charge in [-0.1, -0.05) is 0 Å². The fourth-order valence-electron chi connectivity index (χ4n) is 3.14. The van der Waals surface area contributed by atoms with Gasteiger partial charge < -0.3 is 16.0 Å². The van der Waals surface area contributed by atoms with Gasteiger partial charge in [0.1, 0.15) is 0 Å². The molecule has 2 heterocycles. The molecule has 4 rings (SSSR count). The Hall–Kier alpha value is -2.78. The first-order valence-electron chi connectivity index (χ1n) is 9.98. The van der Waals surface area contributed by atoms with E-state index in [9.17, 15) is 0 Å². The highest BCUT2D eigenvalue weighted by molar-refractivity contribution is 9.11. The van der Waals surface area contributed by atoms with Crippen molar-refractivity contribution in [1.82, 2.24) is 25.3 Å². The van der Waals surface area contributed by atoms with Gasteiger partial charge >= 0.3 is 0 Å². The highest BCUT2D eigenvalue weighted by Gasteiger charge is 2.15. The number of nitrogens with zero attached hydrogens (tertiary/aromatic N) is 5. The summed E-state index contributed by atoms with van der Waals surface area (Å²) in [5.41, 5.74) is 6.57. The summed E-state index contributed by atoms with van der Waals surface area (Å²) in [7, 11) is 0. The van der Waals surface area contributed by atoms with Crippen molar-refractivity contribution in [2.45, 2.75) is 6.92 Å². The Kier molecular flexibility index (Phi) is 7.16. The van der Waals surface area contributed by atoms with E-state index in [1.807, 2.05) is 31.2 Å². The van der Waals surface area contributed by atoms with Gasteiger partial charge in [-0.25, -0.2) is 5.01 Å². The van der Waals surface area contributed by atoms with E-state index < -0.39 is 0 Å². The first kappa shape index (κ1) is 22.4. The van der Waals surface area contributed by atoms with E-state index >= 15 is 0 Å². The number of rotatable bonds is 6. The number of aromatic nitrogens is 3. The van der Waals surface area contributed by atoms with Gasteiger partial charge in [-0.15, -0.1) is 0 Å². The minimum Gasteiger partial charge on any atom is -0.324 e. The molecule has 3 aromatic rings. The van der Waals surface area contributed by atoms with Crippen molar-refractivity contribution in [1.29, 1.82) is 5.26 Å². The molecule has 1 aliphatic heterocycles. The minimum atomic E-state index is 0.379. The third-order valence-electron chi connectivity index (χ3n) is 4.70. The molecule has 2 aromatic carbocycles. The molecule has 1 fully saturated rings. The molecule has 0 atom stereocenters. The van der Waals surface area contributed by atoms with Crippen LogP contribution in [0.4, 0.5) is 29.2 Å². The molecule has 32 heavy (non-hydrogen) atoms. The summed E-state index contributed by atoms with van der Waals surface area (Å²) in [6.07, 6.45) is 0. The summed E-state index contributed by atoms with van der Waals surface area (Å²) in [5.74, 6) is 1.20. The van der Waals surface area contributed by atoms with Crippen LogP contribution in [0.25, 0.3) is 0 Å². The summed E-state index contributed by atoms with van der Waals surface area (Å²) in [6, 6.07) is 13.3. The third kappa shape index (κ3) is 5.72. The Morgan fingerprint density at radius 2 is 1.53 bits per heavy atom. The molecule has 9 nitrogen and oxygen atoms in total. The number of hydrogen-bond donors (Lipinski definition) is 4. The molecule has 0 saturated carbocycles. The van der Waals surface area contributed by atoms with Gasteiger partial charge in [-0.2, -0.15) is 20.2 Å². The second-order valence-electron chi connectivity index (χ2n) is 7.20. The molecule has 0 radical (unpaired) electrons. The molecule has 4 N–H and O–H groups in total. The maximum Gasteiger partial charge on any atom is 0.244 e. The van der Waals surface area contributed by atoms with E-state index in [0.717, 1.165) is 52.1 Å². The minimum absolute atomic E-state index is 0.379. The fourth-order valence-corrected chi connectivity index (χ4v) is 4.76. The largest absolute Gasteiger partial charge is 0.324 e. The lowest BCUT2D eigenvalue weighted by Gasteiger charge is -2.27. The molecule has 1 aliphatic rings. The summed E-state index contributed by atoms with van der Waals surface area (Å²) in [4.78, 5) is 13.6. The molecule has 1 saturated heterocycles. The van der Waals surface area contributed by atoms with Crippen molar-refractivity contribution in [2.75, 3.05) is 42.2 Å². The Morgan fingerprint density at radius 1 is 0.938 bits per heavy atom. The van der Waals surface area contributed by atoms with Gasteiger partial charge in [0.25, 0.3) is 0 Å². The number of halogens is 2. The molecule has 11 heteroatoms. The van der Waals surface area contributed by atoms with Crippen molar-refractivity contribution in [3.63, 3.8) is 0 Å². The highest BCUT2D eigenvalue weighted by atomic mass is 79.9. The van der Waals surface area contributed by atoms with Crippen LogP contribution in [-0.4, -0.2) is 46.1 Å². The van der Waals surface area contributed by atoms with Crippen molar-refractivity contribution in [3.8, 4) is 6.07 Å². The van der Waals surface area contributed by atoms with Gasteiger partial charge in [0.15, 0.2) is 0 Å². The molecule has 0 unspecified atom stereocenters. The Balaban J connectivity index is 1.64. The zero-order valence-electron chi connectivity index (χ0n) is 17.3. The van der Waals surface area contributed by atoms with Crippen molar-refractivity contribution in [2.24, 2.45) is 0 Å². The van der Waals surface area contributed by atoms with Crippen LogP contribution in [0.15, 0.2) is 45.3 Å². The van der Waals surface area contributed by atoms with Gasteiger partial charge in [-0.05, 0) is 80.7 Å². The average Bonchev–Trinajstić information content (AvgIpc) is 2.77. The number of hydrazine groups is 1. The van der Waals surface area contributed by atoms with E-state index in [1.54, 1.807) is 12.1 Å². The number of benzene rings is 2. The van der Waals surface area contributed by atoms with Crippen LogP contribution in [0.3, 0.4) is 0 Å². The number of piperazine rings is 1. The first-order chi connectivity index (χ1) is 15.5. The monoisotopic (exact) mass is 557 g/mol. The van der Waals surface area contributed by atoms with Crippen molar-refractivity contribution in [3.05, 3.63) is 56.5 Å². The normalized spacial score (nSPS) is 13.9. The lowest BCUT2D eigenvalue weighted by atomic mass is 10.2. The predicted octanol–water partition coefficient (Wildman–Crippen LogP) is 4.30. The van der Waals surface area contributed by atoms with Crippen molar-refractivity contribution < 1.29 is 0 Å². The van der Waals surface area contributed by atoms with Crippen LogP contribution in [0, 0.1) is 18.3 Å². The molecule has 0 spiro atoms. The van der Waals surface area contributed by atoms with E-state index in [2.05, 4.69) is 79.3 Å². The Morgan fingerprint density at radius 3 is 2.16 bits per heavy atom. The second-order valence-corrected chi connectivity index (χ2v) is 8.91. The van der Waals surface area contributed by atoms with E-state index in [4.69, 9.17) is 5.26 Å². The standard InChI is InChI=1S/C21H21Br2N9/c1-13-10-16(22)18(17(23)11-13)27-20-28-19(26-15-4-2-14(12-24)3-5-15)29-21(30-20)31-32-8-6-25-7-9-32/h2-5,10-11,25H,6-9H2,1H3,(H3,26,27,28,29,30,31). The number of nitrogens with one attached hydrogen (secondary N) is 4. The second kappa shape index (κ2) is 10.2. The van der Waals surface area contributed by atoms with Crippen LogP contribution >= 0.6 is 31.9 Å². The van der Waals surface area contributed by atoms with Gasteiger partial charge in [0, 0.05) is 40.8 Å². The number of hydrogen-bond acceptors (Lipinski definition) is 9. The van der Waals surface area contributed by atoms with Gasteiger partial charge in [-0.3, -0.25) is 5.43 Å². The van der Waals surface area contributed by atoms with Gasteiger partial charge in [0.05, 0.1) is 17.3 Å². The molecular formula is C21H21Br2N9. The van der Waals surface area contributed by atoms with Gasteiger partial charge in [0.2, 0.25) is 17.8 Å². The lowest BCUT2D eigenvalue weighted by molar-refractivity contribution is 0.284. The van der Waals surface area contributed by atoms with Crippen LogP contribution in [0.1, 0.15) is 11.1 Å². The van der Waals surface area contributed by atoms with Crippen LogP contribution < -0.4 is 21.4 Å². The highest BCUT2D eigenvalue weighted by Crippen LogP contribution is 2.34. The molecule has 0 aliphatic carbocycles. The summed E-state index contributed by atoms with van der Waals surface area (Å²) < 4.78 is 1.78. The Bertz CT molecular complexity index is 1120. The Labute approximate surface area is 202 Å². The predicted molar refractivity (Wildman–Crippen MR) is 132 cm³/mol. The number of nitriles is 1. The first-order valence-corrected chi connectivity index (χ1v) is 11.6. The van der Waals surface area contributed by atoms with E-state index in [-0.39, 0.29) is 0 Å².